The zero-order valence-corrected chi connectivity index (χ0v) is 10.8. The van der Waals surface area contributed by atoms with Crippen LogP contribution >= 0.6 is 11.3 Å². The number of rotatable bonds is 1. The summed E-state index contributed by atoms with van der Waals surface area (Å²) in [6, 6.07) is 8.63. The van der Waals surface area contributed by atoms with Crippen molar-refractivity contribution in [2.75, 3.05) is 0 Å². The number of hydrogen-bond donors (Lipinski definition) is 1. The molecule has 1 nitrogen and oxygen atoms in total. The Hall–Kier alpha value is -1.19. The van der Waals surface area contributed by atoms with Crippen LogP contribution in [0.2, 0.25) is 0 Å². The molecule has 2 bridgehead atoms. The van der Waals surface area contributed by atoms with Crippen LogP contribution < -0.4 is 5.32 Å². The molecule has 2 aliphatic rings. The Morgan fingerprint density at radius 3 is 3.06 bits per heavy atom. The molecule has 0 aliphatic carbocycles. The van der Waals surface area contributed by atoms with Crippen molar-refractivity contribution < 1.29 is 4.39 Å². The van der Waals surface area contributed by atoms with Crippen molar-refractivity contribution in [2.24, 2.45) is 0 Å². The van der Waals surface area contributed by atoms with Gasteiger partial charge in [-0.05, 0) is 42.4 Å². The van der Waals surface area contributed by atoms with Crippen molar-refractivity contribution in [2.45, 2.75) is 31.3 Å². The fourth-order valence-electron chi connectivity index (χ4n) is 3.09. The van der Waals surface area contributed by atoms with Gasteiger partial charge in [0.2, 0.25) is 0 Å². The average molecular weight is 259 g/mol. The van der Waals surface area contributed by atoms with Crippen molar-refractivity contribution in [3.05, 3.63) is 41.0 Å². The maximum absolute atomic E-state index is 13.7. The summed E-state index contributed by atoms with van der Waals surface area (Å²) in [6.07, 6.45) is 5.94. The number of thiophene rings is 1. The summed E-state index contributed by atoms with van der Waals surface area (Å²) in [5.74, 6) is -0.0961. The summed E-state index contributed by atoms with van der Waals surface area (Å²) in [6.45, 7) is 0. The van der Waals surface area contributed by atoms with Crippen LogP contribution in [0.5, 0.6) is 0 Å². The van der Waals surface area contributed by atoms with Gasteiger partial charge >= 0.3 is 0 Å². The predicted molar refractivity (Wildman–Crippen MR) is 74.3 cm³/mol. The lowest BCUT2D eigenvalue weighted by Crippen LogP contribution is -2.31. The minimum atomic E-state index is -0.0961. The zero-order chi connectivity index (χ0) is 12.1. The van der Waals surface area contributed by atoms with Gasteiger partial charge in [0.15, 0.2) is 0 Å². The van der Waals surface area contributed by atoms with E-state index in [1.165, 1.54) is 23.3 Å². The van der Waals surface area contributed by atoms with Gasteiger partial charge in [-0.1, -0.05) is 18.2 Å². The first-order chi connectivity index (χ1) is 8.79. The summed E-state index contributed by atoms with van der Waals surface area (Å²) in [7, 11) is 0. The molecule has 0 amide bonds. The second kappa shape index (κ2) is 3.90. The van der Waals surface area contributed by atoms with E-state index in [0.717, 1.165) is 16.5 Å². The van der Waals surface area contributed by atoms with Crippen molar-refractivity contribution in [3.63, 3.8) is 0 Å². The lowest BCUT2D eigenvalue weighted by Gasteiger charge is -2.20. The van der Waals surface area contributed by atoms with Gasteiger partial charge in [0, 0.05) is 17.0 Å². The van der Waals surface area contributed by atoms with E-state index in [9.17, 15) is 4.39 Å². The van der Waals surface area contributed by atoms with Crippen LogP contribution in [-0.4, -0.2) is 12.1 Å². The molecule has 0 saturated carbocycles. The number of fused-ring (bicyclic) bond motifs is 3. The highest BCUT2D eigenvalue weighted by molar-refractivity contribution is 7.20. The predicted octanol–water partition coefficient (Wildman–Crippen LogP) is 3.95. The summed E-state index contributed by atoms with van der Waals surface area (Å²) >= 11 is 1.59. The molecule has 1 N–H and O–H groups in total. The highest BCUT2D eigenvalue weighted by Crippen LogP contribution is 2.38. The zero-order valence-electron chi connectivity index (χ0n) is 9.95. The molecule has 0 spiro atoms. The van der Waals surface area contributed by atoms with Crippen molar-refractivity contribution >= 4 is 27.0 Å². The van der Waals surface area contributed by atoms with Crippen LogP contribution in [0.3, 0.4) is 0 Å². The Labute approximate surface area is 109 Å². The summed E-state index contributed by atoms with van der Waals surface area (Å²) in [5, 5.41) is 4.62. The van der Waals surface area contributed by atoms with Gasteiger partial charge in [-0.2, -0.15) is 0 Å². The molecule has 2 unspecified atom stereocenters. The second-order valence-electron chi connectivity index (χ2n) is 5.21. The first-order valence-electron chi connectivity index (χ1n) is 6.45. The number of nitrogens with one attached hydrogen (secondary N) is 1. The minimum absolute atomic E-state index is 0.0961. The van der Waals surface area contributed by atoms with Crippen LogP contribution in [-0.2, 0) is 0 Å². The molecule has 1 aromatic heterocycles. The van der Waals surface area contributed by atoms with Gasteiger partial charge in [-0.15, -0.1) is 11.3 Å². The standard InChI is InChI=1S/C15H14FNS/c16-13-3-1-2-9-8-14(18-15(9)13)10-6-11-4-5-12(7-10)17-11/h1-3,6,8,11-12,17H,4-5,7H2. The molecule has 18 heavy (non-hydrogen) atoms. The van der Waals surface area contributed by atoms with E-state index in [-0.39, 0.29) is 5.82 Å². The molecule has 1 saturated heterocycles. The maximum atomic E-state index is 13.7. The average Bonchev–Trinajstić information content (AvgIpc) is 2.94. The molecule has 3 heterocycles. The molecule has 2 aromatic rings. The van der Waals surface area contributed by atoms with Crippen LogP contribution in [0.4, 0.5) is 4.39 Å². The largest absolute Gasteiger partial charge is 0.307 e. The molecule has 0 radical (unpaired) electrons. The fraction of sp³-hybridized carbons (Fsp3) is 0.333. The molecule has 92 valence electrons. The minimum Gasteiger partial charge on any atom is -0.307 e. The number of benzene rings is 1. The molecular formula is C15H14FNS. The van der Waals surface area contributed by atoms with Crippen LogP contribution in [0.15, 0.2) is 30.3 Å². The lowest BCUT2D eigenvalue weighted by molar-refractivity contribution is 0.575. The van der Waals surface area contributed by atoms with Crippen molar-refractivity contribution in [1.82, 2.24) is 5.32 Å². The molecule has 1 aromatic carbocycles. The molecule has 3 heteroatoms. The molecular weight excluding hydrogens is 245 g/mol. The van der Waals surface area contributed by atoms with Gasteiger partial charge in [0.05, 0.1) is 4.70 Å². The normalized spacial score (nSPS) is 26.6. The van der Waals surface area contributed by atoms with Crippen LogP contribution in [0.1, 0.15) is 24.1 Å². The summed E-state index contributed by atoms with van der Waals surface area (Å²) in [5.41, 5.74) is 1.40. The third-order valence-electron chi connectivity index (χ3n) is 3.96. The third kappa shape index (κ3) is 1.62. The quantitative estimate of drug-likeness (QED) is 0.817. The SMILES string of the molecule is Fc1cccc2cc(C3=CC4CCC(C3)N4)sc12. The topological polar surface area (TPSA) is 12.0 Å². The Balaban J connectivity index is 1.81. The van der Waals surface area contributed by atoms with E-state index >= 15 is 0 Å². The Morgan fingerprint density at radius 2 is 2.22 bits per heavy atom. The highest BCUT2D eigenvalue weighted by Gasteiger charge is 2.28. The molecule has 2 atom stereocenters. The summed E-state index contributed by atoms with van der Waals surface area (Å²) in [4.78, 5) is 1.24. The summed E-state index contributed by atoms with van der Waals surface area (Å²) < 4.78 is 14.5. The maximum Gasteiger partial charge on any atom is 0.141 e. The molecule has 2 aliphatic heterocycles. The Morgan fingerprint density at radius 1 is 1.28 bits per heavy atom. The van der Waals surface area contributed by atoms with Crippen LogP contribution in [0.25, 0.3) is 15.7 Å². The third-order valence-corrected chi connectivity index (χ3v) is 5.19. The molecule has 1 fully saturated rings. The second-order valence-corrected chi connectivity index (χ2v) is 6.26. The fourth-order valence-corrected chi connectivity index (χ4v) is 4.19. The van der Waals surface area contributed by atoms with E-state index in [2.05, 4.69) is 17.5 Å². The number of hydrogen-bond acceptors (Lipinski definition) is 2. The van der Waals surface area contributed by atoms with Gasteiger partial charge in [0.1, 0.15) is 5.82 Å². The number of halogens is 1. The smallest absolute Gasteiger partial charge is 0.141 e. The van der Waals surface area contributed by atoms with Gasteiger partial charge in [0.25, 0.3) is 0 Å². The van der Waals surface area contributed by atoms with Crippen molar-refractivity contribution in [1.29, 1.82) is 0 Å². The Kier molecular flexibility index (Phi) is 2.32. The van der Waals surface area contributed by atoms with Gasteiger partial charge in [-0.25, -0.2) is 4.39 Å². The lowest BCUT2D eigenvalue weighted by atomic mass is 10.0. The van der Waals surface area contributed by atoms with E-state index in [1.54, 1.807) is 23.5 Å². The highest BCUT2D eigenvalue weighted by atomic mass is 32.1. The van der Waals surface area contributed by atoms with E-state index in [0.29, 0.717) is 12.1 Å². The van der Waals surface area contributed by atoms with Gasteiger partial charge < -0.3 is 5.32 Å². The van der Waals surface area contributed by atoms with Gasteiger partial charge in [-0.3, -0.25) is 0 Å². The molecule has 4 rings (SSSR count). The monoisotopic (exact) mass is 259 g/mol. The Bertz CT molecular complexity index is 643. The van der Waals surface area contributed by atoms with E-state index < -0.39 is 0 Å². The van der Waals surface area contributed by atoms with Crippen LogP contribution in [0, 0.1) is 5.82 Å². The van der Waals surface area contributed by atoms with E-state index in [4.69, 9.17) is 0 Å². The van der Waals surface area contributed by atoms with Crippen molar-refractivity contribution in [3.8, 4) is 0 Å². The first kappa shape index (κ1) is 10.7. The van der Waals surface area contributed by atoms with E-state index in [1.807, 2.05) is 6.07 Å². The first-order valence-corrected chi connectivity index (χ1v) is 7.26.